The molecular formula is C10H17Cl2N3O2. The van der Waals surface area contributed by atoms with Crippen LogP contribution in [0.3, 0.4) is 0 Å². The lowest BCUT2D eigenvalue weighted by Gasteiger charge is -2.10. The van der Waals surface area contributed by atoms with Crippen molar-refractivity contribution in [2.45, 2.75) is 25.8 Å². The van der Waals surface area contributed by atoms with E-state index in [1.54, 1.807) is 6.92 Å². The van der Waals surface area contributed by atoms with Crippen molar-refractivity contribution in [3.8, 4) is 0 Å². The summed E-state index contributed by atoms with van der Waals surface area (Å²) in [4.78, 5) is 15.5. The number of aryl methyl sites for hydroxylation is 1. The summed E-state index contributed by atoms with van der Waals surface area (Å²) in [7, 11) is 0. The summed E-state index contributed by atoms with van der Waals surface area (Å²) < 4.78 is 5.00. The summed E-state index contributed by atoms with van der Waals surface area (Å²) >= 11 is 0. The molecule has 1 aliphatic heterocycles. The van der Waals surface area contributed by atoms with Crippen molar-refractivity contribution in [2.75, 3.05) is 13.1 Å². The van der Waals surface area contributed by atoms with E-state index in [2.05, 4.69) is 15.6 Å². The summed E-state index contributed by atoms with van der Waals surface area (Å²) in [5.41, 5.74) is 0.631. The Bertz CT molecular complexity index is 351. The largest absolute Gasteiger partial charge is 0.438 e. The van der Waals surface area contributed by atoms with Crippen LogP contribution < -0.4 is 10.6 Å². The van der Waals surface area contributed by atoms with Gasteiger partial charge >= 0.3 is 0 Å². The number of carbonyl (C=O) groups excluding carboxylic acids is 1. The molecule has 0 saturated carbocycles. The Hall–Kier alpha value is -0.780. The minimum absolute atomic E-state index is 0. The van der Waals surface area contributed by atoms with Crippen molar-refractivity contribution < 1.29 is 9.21 Å². The highest BCUT2D eigenvalue weighted by atomic mass is 35.5. The molecule has 5 nitrogen and oxygen atoms in total. The minimum Gasteiger partial charge on any atom is -0.438 e. The molecular weight excluding hydrogens is 265 g/mol. The van der Waals surface area contributed by atoms with Crippen LogP contribution in [0.25, 0.3) is 0 Å². The van der Waals surface area contributed by atoms with Gasteiger partial charge in [-0.25, -0.2) is 4.98 Å². The molecule has 0 radical (unpaired) electrons. The second kappa shape index (κ2) is 7.53. The van der Waals surface area contributed by atoms with E-state index < -0.39 is 0 Å². The maximum absolute atomic E-state index is 11.6. The fraction of sp³-hybridized carbons (Fsp3) is 0.600. The van der Waals surface area contributed by atoms with Crippen LogP contribution in [-0.4, -0.2) is 30.0 Å². The Balaban J connectivity index is 0.00000128. The maximum Gasteiger partial charge on any atom is 0.289 e. The van der Waals surface area contributed by atoms with Crippen LogP contribution in [-0.2, 0) is 0 Å². The van der Waals surface area contributed by atoms with Gasteiger partial charge in [0.25, 0.3) is 5.91 Å². The van der Waals surface area contributed by atoms with Gasteiger partial charge in [0.15, 0.2) is 6.39 Å². The first kappa shape index (κ1) is 16.2. The summed E-state index contributed by atoms with van der Waals surface area (Å²) in [5.74, 6) is 0.131. The number of nitrogens with one attached hydrogen (secondary N) is 2. The Morgan fingerprint density at radius 3 is 2.94 bits per heavy atom. The Kier molecular flexibility index (Phi) is 7.18. The quantitative estimate of drug-likeness (QED) is 0.877. The van der Waals surface area contributed by atoms with Gasteiger partial charge in [0.2, 0.25) is 5.76 Å². The van der Waals surface area contributed by atoms with Crippen LogP contribution in [0.4, 0.5) is 0 Å². The number of hydrogen-bond donors (Lipinski definition) is 2. The van der Waals surface area contributed by atoms with E-state index in [1.165, 1.54) is 12.8 Å². The van der Waals surface area contributed by atoms with Gasteiger partial charge in [0.05, 0.1) is 5.69 Å². The van der Waals surface area contributed by atoms with Crippen molar-refractivity contribution in [2.24, 2.45) is 0 Å². The molecule has 1 fully saturated rings. The monoisotopic (exact) mass is 281 g/mol. The molecule has 2 rings (SSSR count). The molecule has 2 heterocycles. The standard InChI is InChI=1S/C10H15N3O2.2ClH/c1-7-9(15-6-13-7)10(14)12-5-8-3-2-4-11-8;;/h6,8,11H,2-5H2,1H3,(H,12,14);2*1H. The first-order chi connectivity index (χ1) is 7.27. The van der Waals surface area contributed by atoms with Crippen LogP contribution in [0, 0.1) is 6.92 Å². The smallest absolute Gasteiger partial charge is 0.289 e. The third kappa shape index (κ3) is 4.18. The Morgan fingerprint density at radius 2 is 2.41 bits per heavy atom. The molecule has 1 amide bonds. The number of rotatable bonds is 3. The molecule has 1 atom stereocenters. The second-order valence-corrected chi connectivity index (χ2v) is 3.77. The maximum atomic E-state index is 11.6. The predicted octanol–water partition coefficient (Wildman–Crippen LogP) is 1.31. The van der Waals surface area contributed by atoms with Crippen LogP contribution in [0.5, 0.6) is 0 Å². The second-order valence-electron chi connectivity index (χ2n) is 3.77. The Morgan fingerprint density at radius 1 is 1.65 bits per heavy atom. The first-order valence-electron chi connectivity index (χ1n) is 5.19. The van der Waals surface area contributed by atoms with Gasteiger partial charge in [-0.05, 0) is 26.3 Å². The third-order valence-corrected chi connectivity index (χ3v) is 2.62. The number of amides is 1. The molecule has 0 aliphatic carbocycles. The molecule has 1 aliphatic rings. The van der Waals surface area contributed by atoms with Gasteiger partial charge in [0.1, 0.15) is 0 Å². The molecule has 0 aromatic carbocycles. The first-order valence-corrected chi connectivity index (χ1v) is 5.19. The molecule has 1 aromatic heterocycles. The van der Waals surface area contributed by atoms with Crippen LogP contribution in [0.1, 0.15) is 29.1 Å². The summed E-state index contributed by atoms with van der Waals surface area (Å²) in [6.45, 7) is 3.45. The number of carbonyl (C=O) groups is 1. The van der Waals surface area contributed by atoms with Crippen molar-refractivity contribution in [1.82, 2.24) is 15.6 Å². The predicted molar refractivity (Wildman–Crippen MR) is 69.1 cm³/mol. The molecule has 1 unspecified atom stereocenters. The van der Waals surface area contributed by atoms with Gasteiger partial charge in [0, 0.05) is 12.6 Å². The highest BCUT2D eigenvalue weighted by Gasteiger charge is 2.17. The molecule has 98 valence electrons. The fourth-order valence-corrected chi connectivity index (χ4v) is 1.75. The van der Waals surface area contributed by atoms with Crippen molar-refractivity contribution in [3.05, 3.63) is 17.8 Å². The average Bonchev–Trinajstić information content (AvgIpc) is 2.84. The average molecular weight is 282 g/mol. The van der Waals surface area contributed by atoms with E-state index in [0.29, 0.717) is 24.0 Å². The van der Waals surface area contributed by atoms with Crippen molar-refractivity contribution in [1.29, 1.82) is 0 Å². The summed E-state index contributed by atoms with van der Waals surface area (Å²) in [5, 5.41) is 6.14. The Labute approximate surface area is 113 Å². The lowest BCUT2D eigenvalue weighted by Crippen LogP contribution is -2.37. The van der Waals surface area contributed by atoms with E-state index in [0.717, 1.165) is 13.0 Å². The number of hydrogen-bond acceptors (Lipinski definition) is 4. The number of oxazole rings is 1. The van der Waals surface area contributed by atoms with Gasteiger partial charge in [-0.1, -0.05) is 0 Å². The lowest BCUT2D eigenvalue weighted by atomic mass is 10.2. The van der Waals surface area contributed by atoms with E-state index in [4.69, 9.17) is 4.42 Å². The number of aromatic nitrogens is 1. The molecule has 1 saturated heterocycles. The van der Waals surface area contributed by atoms with Crippen molar-refractivity contribution in [3.63, 3.8) is 0 Å². The van der Waals surface area contributed by atoms with Crippen LogP contribution in [0.2, 0.25) is 0 Å². The summed E-state index contributed by atoms with van der Waals surface area (Å²) in [6, 6.07) is 0.400. The van der Waals surface area contributed by atoms with Crippen LogP contribution >= 0.6 is 24.8 Å². The zero-order valence-electron chi connectivity index (χ0n) is 9.56. The van der Waals surface area contributed by atoms with E-state index in [1.807, 2.05) is 0 Å². The summed E-state index contributed by atoms with van der Waals surface area (Å²) in [6.07, 6.45) is 3.59. The lowest BCUT2D eigenvalue weighted by molar-refractivity contribution is 0.0921. The molecule has 1 aromatic rings. The topological polar surface area (TPSA) is 67.2 Å². The molecule has 2 N–H and O–H groups in total. The number of nitrogens with zero attached hydrogens (tertiary/aromatic N) is 1. The highest BCUT2D eigenvalue weighted by Crippen LogP contribution is 2.06. The zero-order valence-corrected chi connectivity index (χ0v) is 11.2. The zero-order chi connectivity index (χ0) is 10.7. The molecule has 17 heavy (non-hydrogen) atoms. The van der Waals surface area contributed by atoms with Gasteiger partial charge in [-0.2, -0.15) is 0 Å². The van der Waals surface area contributed by atoms with Gasteiger partial charge in [-0.3, -0.25) is 4.79 Å². The van der Waals surface area contributed by atoms with E-state index in [9.17, 15) is 4.79 Å². The van der Waals surface area contributed by atoms with Crippen molar-refractivity contribution >= 4 is 30.7 Å². The van der Waals surface area contributed by atoms with E-state index in [-0.39, 0.29) is 30.7 Å². The van der Waals surface area contributed by atoms with Gasteiger partial charge < -0.3 is 15.1 Å². The SMILES string of the molecule is Cc1ncoc1C(=O)NCC1CCCN1.Cl.Cl. The van der Waals surface area contributed by atoms with E-state index >= 15 is 0 Å². The van der Waals surface area contributed by atoms with Gasteiger partial charge in [-0.15, -0.1) is 24.8 Å². The van der Waals surface area contributed by atoms with Crippen LogP contribution in [0.15, 0.2) is 10.8 Å². The molecule has 7 heteroatoms. The molecule has 0 bridgehead atoms. The molecule has 0 spiro atoms. The highest BCUT2D eigenvalue weighted by molar-refractivity contribution is 5.92. The minimum atomic E-state index is -0.182. The normalized spacial score (nSPS) is 18.1. The third-order valence-electron chi connectivity index (χ3n) is 2.62. The number of halogens is 2. The fourth-order valence-electron chi connectivity index (χ4n) is 1.75.